The molecule has 0 amide bonds. The molecule has 13 nitrogen and oxygen atoms in total. The molecule has 0 aromatic heterocycles. The van der Waals surface area contributed by atoms with Gasteiger partial charge in [-0.15, -0.1) is 0 Å². The molecule has 4 aliphatic rings. The summed E-state index contributed by atoms with van der Waals surface area (Å²) in [5.74, 6) is -5.94. The van der Waals surface area contributed by atoms with Crippen LogP contribution in [0.1, 0.15) is 61.8 Å². The summed E-state index contributed by atoms with van der Waals surface area (Å²) in [6.07, 6.45) is -8.97. The van der Waals surface area contributed by atoms with Gasteiger partial charge in [-0.2, -0.15) is 0 Å². The van der Waals surface area contributed by atoms with Gasteiger partial charge in [0.2, 0.25) is 5.79 Å². The third kappa shape index (κ3) is 6.84. The highest BCUT2D eigenvalue weighted by Crippen LogP contribution is 2.45. The lowest BCUT2D eigenvalue weighted by atomic mass is 9.91. The number of carbonyl (C=O) groups excluding carboxylic acids is 2. The molecule has 2 radical (unpaired) electrons. The number of ether oxygens (including phenoxy) is 9. The summed E-state index contributed by atoms with van der Waals surface area (Å²) < 4.78 is 59.9. The first-order chi connectivity index (χ1) is 22.3. The van der Waals surface area contributed by atoms with Crippen molar-refractivity contribution in [3.05, 3.63) is 71.8 Å². The van der Waals surface area contributed by atoms with Crippen LogP contribution in [0.25, 0.3) is 0 Å². The first kappa shape index (κ1) is 34.0. The van der Waals surface area contributed by atoms with Crippen LogP contribution in [0.15, 0.2) is 60.7 Å². The number of rotatable bonds is 9. The summed E-state index contributed by atoms with van der Waals surface area (Å²) in [5, 5.41) is 11.7. The number of carbonyl (C=O) groups is 2. The van der Waals surface area contributed by atoms with E-state index in [1.807, 2.05) is 0 Å². The minimum absolute atomic E-state index is 0.145. The lowest BCUT2D eigenvalue weighted by Crippen LogP contribution is -2.69. The number of fused-ring (bicyclic) bond motifs is 3. The average molecular weight is 654 g/mol. The number of hydrogen-bond acceptors (Lipinski definition) is 13. The highest BCUT2D eigenvalue weighted by Gasteiger charge is 2.62. The SMILES string of the molecule is [B]O[C@@]1(O)C(CC)OC(OCC2O[C@H]3OC(C)(C)OC3[C@H]3OC(C)(C)O[C@@H]23)C(OC(=O)c2ccccc2)[C@H]1OC(=O)c1ccccc1. The van der Waals surface area contributed by atoms with Gasteiger partial charge < -0.3 is 52.4 Å². The molecule has 0 saturated carbocycles. The highest BCUT2D eigenvalue weighted by molar-refractivity contribution is 5.98. The van der Waals surface area contributed by atoms with Crippen LogP contribution in [-0.2, 0) is 47.3 Å². The Balaban J connectivity index is 1.30. The standard InChI is InChI=1S/C33H39BO13/c1-6-21-33(37,47-34)26(42-28(36)19-15-11-8-12-16-19)25(41-27(35)18-13-9-7-10-14-18)29(40-21)38-17-20-22-23(44-31(2,3)43-22)24-30(39-20)46-32(4,5)45-24/h7-16,20-26,29-30,37H,6,17H2,1-5H3/t20?,21?,22-,23-,24?,25?,26+,29?,30-,33-/m0/s1. The molecule has 14 heteroatoms. The van der Waals surface area contributed by atoms with Crippen LogP contribution in [-0.4, -0.2) is 104 Å². The largest absolute Gasteiger partial charge is 0.449 e. The molecular formula is C33H39BO13. The van der Waals surface area contributed by atoms with Gasteiger partial charge in [0, 0.05) is 0 Å². The van der Waals surface area contributed by atoms with E-state index >= 15 is 0 Å². The van der Waals surface area contributed by atoms with E-state index in [0.29, 0.717) is 0 Å². The van der Waals surface area contributed by atoms with Crippen LogP contribution in [0.5, 0.6) is 0 Å². The third-order valence-electron chi connectivity index (χ3n) is 8.47. The second-order valence-electron chi connectivity index (χ2n) is 12.7. The van der Waals surface area contributed by atoms with Gasteiger partial charge in [-0.1, -0.05) is 43.3 Å². The summed E-state index contributed by atoms with van der Waals surface area (Å²) in [5.41, 5.74) is 0.370. The summed E-state index contributed by atoms with van der Waals surface area (Å²) in [4.78, 5) is 26.7. The minimum atomic E-state index is -2.44. The van der Waals surface area contributed by atoms with E-state index in [1.54, 1.807) is 83.1 Å². The quantitative estimate of drug-likeness (QED) is 0.240. The van der Waals surface area contributed by atoms with Crippen LogP contribution in [0.3, 0.4) is 0 Å². The molecule has 6 rings (SSSR count). The Morgan fingerprint density at radius 1 is 0.787 bits per heavy atom. The van der Waals surface area contributed by atoms with Gasteiger partial charge in [0.1, 0.15) is 30.5 Å². The smallest absolute Gasteiger partial charge is 0.338 e. The Kier molecular flexibility index (Phi) is 9.53. The molecule has 10 atom stereocenters. The highest BCUT2D eigenvalue weighted by atomic mass is 16.9. The first-order valence-electron chi connectivity index (χ1n) is 15.6. The Morgan fingerprint density at radius 2 is 1.34 bits per heavy atom. The molecule has 5 unspecified atom stereocenters. The van der Waals surface area contributed by atoms with Crippen molar-refractivity contribution in [2.75, 3.05) is 6.61 Å². The number of esters is 2. The Bertz CT molecular complexity index is 1410. The zero-order valence-corrected chi connectivity index (χ0v) is 26.8. The molecule has 2 aromatic carbocycles. The fourth-order valence-corrected chi connectivity index (χ4v) is 6.37. The number of benzene rings is 2. The van der Waals surface area contributed by atoms with Crippen molar-refractivity contribution in [1.29, 1.82) is 0 Å². The van der Waals surface area contributed by atoms with Crippen LogP contribution in [0.4, 0.5) is 0 Å². The lowest BCUT2D eigenvalue weighted by Gasteiger charge is -2.49. The molecule has 1 N–H and O–H groups in total. The molecule has 0 bridgehead atoms. The van der Waals surface area contributed by atoms with Crippen molar-refractivity contribution in [3.63, 3.8) is 0 Å². The zero-order valence-electron chi connectivity index (χ0n) is 26.8. The molecule has 4 fully saturated rings. The van der Waals surface area contributed by atoms with Crippen LogP contribution in [0, 0.1) is 0 Å². The number of hydrogen-bond donors (Lipinski definition) is 1. The van der Waals surface area contributed by atoms with Gasteiger partial charge in [0.15, 0.2) is 36.4 Å². The normalized spacial score (nSPS) is 37.0. The van der Waals surface area contributed by atoms with Crippen molar-refractivity contribution in [1.82, 2.24) is 0 Å². The predicted octanol–water partition coefficient (Wildman–Crippen LogP) is 2.77. The summed E-state index contributed by atoms with van der Waals surface area (Å²) in [6, 6.07) is 16.2. The zero-order chi connectivity index (χ0) is 33.6. The molecule has 0 aliphatic carbocycles. The Labute approximate surface area is 274 Å². The van der Waals surface area contributed by atoms with E-state index < -0.39 is 84.6 Å². The van der Waals surface area contributed by atoms with Crippen LogP contribution < -0.4 is 0 Å². The van der Waals surface area contributed by atoms with Gasteiger partial charge in [0.05, 0.1) is 17.7 Å². The maximum Gasteiger partial charge on any atom is 0.338 e. The summed E-state index contributed by atoms with van der Waals surface area (Å²) in [6.45, 7) is 8.66. The molecule has 4 saturated heterocycles. The fourth-order valence-electron chi connectivity index (χ4n) is 6.37. The summed E-state index contributed by atoms with van der Waals surface area (Å²) in [7, 11) is 5.63. The molecule has 2 aromatic rings. The van der Waals surface area contributed by atoms with Gasteiger partial charge in [0.25, 0.3) is 8.05 Å². The molecule has 4 heterocycles. The van der Waals surface area contributed by atoms with E-state index in [2.05, 4.69) is 0 Å². The summed E-state index contributed by atoms with van der Waals surface area (Å²) >= 11 is 0. The predicted molar refractivity (Wildman–Crippen MR) is 161 cm³/mol. The first-order valence-corrected chi connectivity index (χ1v) is 15.6. The van der Waals surface area contributed by atoms with Gasteiger partial charge in [-0.3, -0.25) is 0 Å². The average Bonchev–Trinajstić information content (AvgIpc) is 3.56. The van der Waals surface area contributed by atoms with Crippen molar-refractivity contribution in [2.24, 2.45) is 0 Å². The van der Waals surface area contributed by atoms with E-state index in [9.17, 15) is 14.7 Å². The minimum Gasteiger partial charge on any atom is -0.449 e. The molecular weight excluding hydrogens is 615 g/mol. The lowest BCUT2D eigenvalue weighted by molar-refractivity contribution is -0.375. The maximum absolute atomic E-state index is 13.4. The van der Waals surface area contributed by atoms with Crippen molar-refractivity contribution < 1.29 is 62.0 Å². The van der Waals surface area contributed by atoms with E-state index in [1.165, 1.54) is 12.1 Å². The van der Waals surface area contributed by atoms with E-state index in [-0.39, 0.29) is 24.2 Å². The second kappa shape index (κ2) is 13.2. The fraction of sp³-hybridized carbons (Fsp3) is 0.576. The molecule has 0 spiro atoms. The van der Waals surface area contributed by atoms with Gasteiger partial charge in [-0.25, -0.2) is 9.59 Å². The maximum atomic E-state index is 13.4. The monoisotopic (exact) mass is 654 g/mol. The third-order valence-corrected chi connectivity index (χ3v) is 8.47. The van der Waals surface area contributed by atoms with Crippen LogP contribution >= 0.6 is 0 Å². The van der Waals surface area contributed by atoms with Crippen molar-refractivity contribution in [2.45, 2.75) is 114 Å². The topological polar surface area (TPSA) is 147 Å². The molecule has 252 valence electrons. The van der Waals surface area contributed by atoms with Crippen molar-refractivity contribution in [3.8, 4) is 0 Å². The number of aliphatic hydroxyl groups is 1. The second-order valence-corrected chi connectivity index (χ2v) is 12.7. The Morgan fingerprint density at radius 3 is 1.94 bits per heavy atom. The van der Waals surface area contributed by atoms with E-state index in [4.69, 9.17) is 55.3 Å². The van der Waals surface area contributed by atoms with E-state index in [0.717, 1.165) is 0 Å². The van der Waals surface area contributed by atoms with Gasteiger partial charge in [-0.05, 0) is 58.4 Å². The van der Waals surface area contributed by atoms with Crippen LogP contribution in [0.2, 0.25) is 0 Å². The molecule has 47 heavy (non-hydrogen) atoms. The Hall–Kier alpha value is -2.92. The van der Waals surface area contributed by atoms with Crippen molar-refractivity contribution >= 4 is 20.0 Å². The van der Waals surface area contributed by atoms with Gasteiger partial charge >= 0.3 is 11.9 Å². The molecule has 4 aliphatic heterocycles.